The molecule has 0 heterocycles. The Morgan fingerprint density at radius 1 is 1.29 bits per heavy atom. The van der Waals surface area contributed by atoms with Gasteiger partial charge in [-0.2, -0.15) is 13.1 Å². The van der Waals surface area contributed by atoms with E-state index in [1.54, 1.807) is 32.4 Å². The lowest BCUT2D eigenvalue weighted by Crippen LogP contribution is -2.45. The van der Waals surface area contributed by atoms with Crippen molar-refractivity contribution in [2.45, 2.75) is 51.6 Å². The highest BCUT2D eigenvalue weighted by Crippen LogP contribution is 2.04. The van der Waals surface area contributed by atoms with Crippen molar-refractivity contribution in [1.82, 2.24) is 9.44 Å². The van der Waals surface area contributed by atoms with Gasteiger partial charge in [0, 0.05) is 11.4 Å². The molecule has 0 radical (unpaired) electrons. The van der Waals surface area contributed by atoms with E-state index in [0.717, 1.165) is 0 Å². The van der Waals surface area contributed by atoms with Crippen LogP contribution in [0.2, 0.25) is 0 Å². The van der Waals surface area contributed by atoms with Crippen molar-refractivity contribution in [2.75, 3.05) is 0 Å². The lowest BCUT2D eigenvalue weighted by atomic mass is 10.2. The molecule has 0 fully saturated rings. The van der Waals surface area contributed by atoms with Gasteiger partial charge in [-0.15, -0.1) is 11.6 Å². The fraction of sp³-hybridized carbons (Fsp3) is 0.889. The van der Waals surface area contributed by atoms with Gasteiger partial charge >= 0.3 is 16.3 Å². The number of alkyl halides is 1. The quantitative estimate of drug-likeness (QED) is 0.722. The summed E-state index contributed by atoms with van der Waals surface area (Å²) in [6.07, 6.45) is -0.925. The Labute approximate surface area is 107 Å². The standard InChI is InChI=1S/C9H19ClN2O4S/c1-6(2)16-9(13)12-17(14,15)11-8(4)5-7(3)10/h6-8,11H,5H2,1-4H3,(H,12,13). The third-order valence-electron chi connectivity index (χ3n) is 1.60. The first-order chi connectivity index (χ1) is 7.62. The highest BCUT2D eigenvalue weighted by atomic mass is 35.5. The maximum absolute atomic E-state index is 11.4. The average molecular weight is 287 g/mol. The Kier molecular flexibility index (Phi) is 6.81. The van der Waals surface area contributed by atoms with E-state index in [1.807, 2.05) is 0 Å². The number of hydrogen-bond donors (Lipinski definition) is 2. The molecule has 6 nitrogen and oxygen atoms in total. The molecular weight excluding hydrogens is 268 g/mol. The van der Waals surface area contributed by atoms with Crippen LogP contribution in [0.1, 0.15) is 34.1 Å². The minimum Gasteiger partial charge on any atom is -0.446 e. The van der Waals surface area contributed by atoms with Gasteiger partial charge in [-0.3, -0.25) is 0 Å². The molecule has 2 unspecified atom stereocenters. The van der Waals surface area contributed by atoms with Crippen LogP contribution in [0.15, 0.2) is 0 Å². The summed E-state index contributed by atoms with van der Waals surface area (Å²) in [5, 5.41) is -0.157. The molecule has 0 aliphatic carbocycles. The smallest absolute Gasteiger partial charge is 0.422 e. The fourth-order valence-electron chi connectivity index (χ4n) is 1.18. The van der Waals surface area contributed by atoms with E-state index in [-0.39, 0.29) is 17.5 Å². The molecular formula is C9H19ClN2O4S. The van der Waals surface area contributed by atoms with Crippen molar-refractivity contribution in [1.29, 1.82) is 0 Å². The molecule has 0 aromatic rings. The van der Waals surface area contributed by atoms with Crippen molar-refractivity contribution in [3.63, 3.8) is 0 Å². The molecule has 17 heavy (non-hydrogen) atoms. The third kappa shape index (κ3) is 9.20. The number of ether oxygens (including phenoxy) is 1. The Hall–Kier alpha value is -0.530. The molecule has 2 atom stereocenters. The maximum Gasteiger partial charge on any atom is 0.422 e. The summed E-state index contributed by atoms with van der Waals surface area (Å²) in [6.45, 7) is 6.66. The van der Waals surface area contributed by atoms with E-state index < -0.39 is 16.3 Å². The van der Waals surface area contributed by atoms with Gasteiger partial charge in [0.2, 0.25) is 0 Å². The summed E-state index contributed by atoms with van der Waals surface area (Å²) >= 11 is 5.73. The number of rotatable bonds is 6. The lowest BCUT2D eigenvalue weighted by molar-refractivity contribution is 0.121. The van der Waals surface area contributed by atoms with Crippen molar-refractivity contribution in [2.24, 2.45) is 0 Å². The molecule has 0 rings (SSSR count). The second-order valence-electron chi connectivity index (χ2n) is 4.09. The van der Waals surface area contributed by atoms with E-state index in [0.29, 0.717) is 6.42 Å². The van der Waals surface area contributed by atoms with E-state index in [2.05, 4.69) is 9.46 Å². The number of nitrogens with one attached hydrogen (secondary N) is 2. The van der Waals surface area contributed by atoms with Gasteiger partial charge in [0.15, 0.2) is 0 Å². The highest BCUT2D eigenvalue weighted by molar-refractivity contribution is 7.88. The summed E-state index contributed by atoms with van der Waals surface area (Å²) in [7, 11) is -3.90. The Morgan fingerprint density at radius 2 is 1.82 bits per heavy atom. The van der Waals surface area contributed by atoms with Gasteiger partial charge < -0.3 is 4.74 Å². The van der Waals surface area contributed by atoms with Gasteiger partial charge in [-0.1, -0.05) is 0 Å². The summed E-state index contributed by atoms with van der Waals surface area (Å²) in [4.78, 5) is 11.1. The monoisotopic (exact) mass is 286 g/mol. The second kappa shape index (κ2) is 7.03. The van der Waals surface area contributed by atoms with Gasteiger partial charge in [0.05, 0.1) is 6.10 Å². The molecule has 102 valence electrons. The first-order valence-electron chi connectivity index (χ1n) is 5.27. The molecule has 1 amide bonds. The molecule has 0 saturated heterocycles. The van der Waals surface area contributed by atoms with Gasteiger partial charge in [-0.05, 0) is 34.1 Å². The maximum atomic E-state index is 11.4. The number of carbonyl (C=O) groups is 1. The van der Waals surface area contributed by atoms with Crippen LogP contribution in [0.5, 0.6) is 0 Å². The van der Waals surface area contributed by atoms with E-state index >= 15 is 0 Å². The number of hydrogen-bond acceptors (Lipinski definition) is 4. The van der Waals surface area contributed by atoms with Crippen molar-refractivity contribution in [3.8, 4) is 0 Å². The molecule has 0 aromatic heterocycles. The number of carbonyl (C=O) groups excluding carboxylic acids is 1. The van der Waals surface area contributed by atoms with Gasteiger partial charge in [0.1, 0.15) is 0 Å². The fourth-order valence-corrected chi connectivity index (χ4v) is 2.40. The van der Waals surface area contributed by atoms with Gasteiger partial charge in [0.25, 0.3) is 0 Å². The zero-order valence-electron chi connectivity index (χ0n) is 10.4. The average Bonchev–Trinajstić information content (AvgIpc) is 1.95. The molecule has 0 bridgehead atoms. The first-order valence-corrected chi connectivity index (χ1v) is 7.19. The van der Waals surface area contributed by atoms with Crippen LogP contribution in [-0.4, -0.2) is 32.0 Å². The van der Waals surface area contributed by atoms with Crippen LogP contribution >= 0.6 is 11.6 Å². The van der Waals surface area contributed by atoms with Crippen LogP contribution in [0.4, 0.5) is 4.79 Å². The highest BCUT2D eigenvalue weighted by Gasteiger charge is 2.19. The normalized spacial score (nSPS) is 15.4. The van der Waals surface area contributed by atoms with Crippen LogP contribution in [0, 0.1) is 0 Å². The van der Waals surface area contributed by atoms with Crippen molar-refractivity contribution < 1.29 is 17.9 Å². The van der Waals surface area contributed by atoms with Crippen LogP contribution in [0.3, 0.4) is 0 Å². The second-order valence-corrected chi connectivity index (χ2v) is 6.29. The molecule has 0 saturated carbocycles. The molecule has 2 N–H and O–H groups in total. The van der Waals surface area contributed by atoms with Crippen LogP contribution < -0.4 is 9.44 Å². The molecule has 0 aromatic carbocycles. The summed E-state index contributed by atoms with van der Waals surface area (Å²) in [6, 6.07) is -0.369. The Bertz CT molecular complexity index is 343. The number of halogens is 1. The van der Waals surface area contributed by atoms with Crippen molar-refractivity contribution >= 4 is 27.9 Å². The molecule has 0 spiro atoms. The largest absolute Gasteiger partial charge is 0.446 e. The van der Waals surface area contributed by atoms with Crippen LogP contribution in [0.25, 0.3) is 0 Å². The molecule has 8 heteroatoms. The molecule has 0 aliphatic rings. The topological polar surface area (TPSA) is 84.5 Å². The lowest BCUT2D eigenvalue weighted by Gasteiger charge is -2.16. The Balaban J connectivity index is 4.25. The summed E-state index contributed by atoms with van der Waals surface area (Å²) in [5.41, 5.74) is 0. The summed E-state index contributed by atoms with van der Waals surface area (Å²) in [5.74, 6) is 0. The molecule has 0 aliphatic heterocycles. The zero-order valence-corrected chi connectivity index (χ0v) is 11.9. The minimum atomic E-state index is -3.90. The predicted octanol–water partition coefficient (Wildman–Crippen LogP) is 1.36. The predicted molar refractivity (Wildman–Crippen MR) is 66.2 cm³/mol. The van der Waals surface area contributed by atoms with Crippen LogP contribution in [-0.2, 0) is 14.9 Å². The first kappa shape index (κ1) is 16.5. The third-order valence-corrected chi connectivity index (χ3v) is 2.92. The van der Waals surface area contributed by atoms with E-state index in [9.17, 15) is 13.2 Å². The zero-order chi connectivity index (χ0) is 13.6. The van der Waals surface area contributed by atoms with E-state index in [1.165, 1.54) is 0 Å². The number of amides is 1. The summed E-state index contributed by atoms with van der Waals surface area (Å²) < 4.78 is 31.6. The minimum absolute atomic E-state index is 0.157. The Morgan fingerprint density at radius 3 is 2.24 bits per heavy atom. The van der Waals surface area contributed by atoms with E-state index in [4.69, 9.17) is 11.6 Å². The van der Waals surface area contributed by atoms with Gasteiger partial charge in [-0.25, -0.2) is 9.52 Å². The van der Waals surface area contributed by atoms with Crippen molar-refractivity contribution in [3.05, 3.63) is 0 Å². The SMILES string of the molecule is CC(Cl)CC(C)NS(=O)(=O)NC(=O)OC(C)C.